The molecule has 2 atom stereocenters. The number of hydrogen-bond donors (Lipinski definition) is 1. The van der Waals surface area contributed by atoms with E-state index in [9.17, 15) is 5.11 Å². The first-order chi connectivity index (χ1) is 13.7. The van der Waals surface area contributed by atoms with Crippen molar-refractivity contribution in [3.8, 4) is 5.75 Å². The molecule has 1 aliphatic carbocycles. The quantitative estimate of drug-likeness (QED) is 0.728. The molecule has 3 aliphatic rings. The molecule has 0 bridgehead atoms. The van der Waals surface area contributed by atoms with Gasteiger partial charge in [0, 0.05) is 38.1 Å². The Kier molecular flexibility index (Phi) is 6.89. The third kappa shape index (κ3) is 5.07. The van der Waals surface area contributed by atoms with E-state index in [1.807, 2.05) is 0 Å². The molecule has 1 N–H and O–H groups in total. The molecule has 2 heterocycles. The second-order valence-corrected chi connectivity index (χ2v) is 8.89. The SMILES string of the molecule is O[C@@H]1CCC[C@@]12CCCN(Cc1cccc(OCCCN3CCOCC3)c1)C2. The topological polar surface area (TPSA) is 45.2 Å². The molecule has 2 aliphatic heterocycles. The maximum absolute atomic E-state index is 10.5. The molecule has 1 spiro atoms. The molecule has 0 unspecified atom stereocenters. The highest BCUT2D eigenvalue weighted by Crippen LogP contribution is 2.45. The fourth-order valence-electron chi connectivity index (χ4n) is 5.28. The Balaban J connectivity index is 1.24. The second kappa shape index (κ2) is 9.57. The van der Waals surface area contributed by atoms with Crippen LogP contribution in [-0.4, -0.2) is 73.6 Å². The Morgan fingerprint density at radius 2 is 1.96 bits per heavy atom. The van der Waals surface area contributed by atoms with Crippen LogP contribution < -0.4 is 4.74 Å². The highest BCUT2D eigenvalue weighted by atomic mass is 16.5. The standard InChI is InChI=1S/C23H36N2O3/c26-22-7-2-8-23(22)9-3-10-25(19-23)18-20-5-1-6-21(17-20)28-14-4-11-24-12-15-27-16-13-24/h1,5-6,17,22,26H,2-4,7-16,18-19H2/t22-,23+/m1/s1. The number of aliphatic hydroxyl groups excluding tert-OH is 1. The molecule has 1 aromatic rings. The number of likely N-dealkylation sites (tertiary alicyclic amines) is 1. The monoisotopic (exact) mass is 388 g/mol. The maximum Gasteiger partial charge on any atom is 0.119 e. The van der Waals surface area contributed by atoms with Crippen LogP contribution in [0.1, 0.15) is 44.1 Å². The van der Waals surface area contributed by atoms with Gasteiger partial charge in [0.05, 0.1) is 25.9 Å². The van der Waals surface area contributed by atoms with Crippen LogP contribution >= 0.6 is 0 Å². The number of rotatable bonds is 7. The lowest BCUT2D eigenvalue weighted by Crippen LogP contribution is -2.46. The molecule has 0 aromatic heterocycles. The molecule has 0 amide bonds. The van der Waals surface area contributed by atoms with E-state index in [1.165, 1.54) is 31.2 Å². The summed E-state index contributed by atoms with van der Waals surface area (Å²) in [4.78, 5) is 4.99. The van der Waals surface area contributed by atoms with E-state index in [2.05, 4.69) is 34.1 Å². The normalized spacial score (nSPS) is 29.4. The lowest BCUT2D eigenvalue weighted by Gasteiger charge is -2.42. The van der Waals surface area contributed by atoms with Crippen LogP contribution in [0.15, 0.2) is 24.3 Å². The zero-order chi connectivity index (χ0) is 19.2. The van der Waals surface area contributed by atoms with Crippen LogP contribution in [0.3, 0.4) is 0 Å². The zero-order valence-corrected chi connectivity index (χ0v) is 17.2. The average Bonchev–Trinajstić information content (AvgIpc) is 3.06. The Hall–Kier alpha value is -1.14. The third-order valence-electron chi connectivity index (χ3n) is 6.84. The van der Waals surface area contributed by atoms with Crippen LogP contribution in [0.25, 0.3) is 0 Å². The summed E-state index contributed by atoms with van der Waals surface area (Å²) in [5.74, 6) is 0.979. The number of hydrogen-bond acceptors (Lipinski definition) is 5. The van der Waals surface area contributed by atoms with Gasteiger partial charge < -0.3 is 14.6 Å². The van der Waals surface area contributed by atoms with Gasteiger partial charge in [0.25, 0.3) is 0 Å². The first kappa shape index (κ1) is 20.1. The van der Waals surface area contributed by atoms with Gasteiger partial charge in [-0.15, -0.1) is 0 Å². The first-order valence-corrected chi connectivity index (χ1v) is 11.2. The van der Waals surface area contributed by atoms with Crippen LogP contribution in [0.5, 0.6) is 5.75 Å². The minimum Gasteiger partial charge on any atom is -0.494 e. The number of aliphatic hydroxyl groups is 1. The average molecular weight is 389 g/mol. The van der Waals surface area contributed by atoms with Gasteiger partial charge in [-0.2, -0.15) is 0 Å². The van der Waals surface area contributed by atoms with Crippen molar-refractivity contribution in [2.24, 2.45) is 5.41 Å². The van der Waals surface area contributed by atoms with E-state index < -0.39 is 0 Å². The smallest absolute Gasteiger partial charge is 0.119 e. The predicted octanol–water partition coefficient (Wildman–Crippen LogP) is 2.91. The number of piperidine rings is 1. The second-order valence-electron chi connectivity index (χ2n) is 8.89. The Morgan fingerprint density at radius 3 is 2.79 bits per heavy atom. The van der Waals surface area contributed by atoms with Gasteiger partial charge >= 0.3 is 0 Å². The van der Waals surface area contributed by atoms with Gasteiger partial charge in [0.1, 0.15) is 5.75 Å². The van der Waals surface area contributed by atoms with Crippen LogP contribution in [-0.2, 0) is 11.3 Å². The molecule has 156 valence electrons. The first-order valence-electron chi connectivity index (χ1n) is 11.2. The zero-order valence-electron chi connectivity index (χ0n) is 17.2. The van der Waals surface area contributed by atoms with Crippen LogP contribution in [0.4, 0.5) is 0 Å². The summed E-state index contributed by atoms with van der Waals surface area (Å²) < 4.78 is 11.4. The molecule has 4 rings (SSSR count). The summed E-state index contributed by atoms with van der Waals surface area (Å²) in [5.41, 5.74) is 1.47. The fourth-order valence-corrected chi connectivity index (χ4v) is 5.28. The molecule has 2 saturated heterocycles. The lowest BCUT2D eigenvalue weighted by molar-refractivity contribution is -0.0120. The summed E-state index contributed by atoms with van der Waals surface area (Å²) in [7, 11) is 0. The van der Waals surface area contributed by atoms with Gasteiger partial charge in [-0.05, 0) is 56.3 Å². The number of ether oxygens (including phenoxy) is 2. The largest absolute Gasteiger partial charge is 0.494 e. The highest BCUT2D eigenvalue weighted by Gasteiger charge is 2.44. The van der Waals surface area contributed by atoms with E-state index >= 15 is 0 Å². The van der Waals surface area contributed by atoms with Crippen molar-refractivity contribution >= 4 is 0 Å². The van der Waals surface area contributed by atoms with Crippen molar-refractivity contribution in [1.82, 2.24) is 9.80 Å². The minimum absolute atomic E-state index is 0.101. The van der Waals surface area contributed by atoms with Crippen molar-refractivity contribution in [3.63, 3.8) is 0 Å². The van der Waals surface area contributed by atoms with Crippen molar-refractivity contribution in [1.29, 1.82) is 0 Å². The van der Waals surface area contributed by atoms with E-state index in [4.69, 9.17) is 9.47 Å². The highest BCUT2D eigenvalue weighted by molar-refractivity contribution is 5.28. The number of benzene rings is 1. The summed E-state index contributed by atoms with van der Waals surface area (Å²) in [5, 5.41) is 10.5. The minimum atomic E-state index is -0.101. The van der Waals surface area contributed by atoms with Crippen LogP contribution in [0, 0.1) is 5.41 Å². The van der Waals surface area contributed by atoms with E-state index in [-0.39, 0.29) is 11.5 Å². The predicted molar refractivity (Wildman–Crippen MR) is 111 cm³/mol. The van der Waals surface area contributed by atoms with Crippen LogP contribution in [0.2, 0.25) is 0 Å². The Labute approximate surface area is 169 Å². The molecule has 1 aromatic carbocycles. The molecule has 0 radical (unpaired) electrons. The number of morpholine rings is 1. The van der Waals surface area contributed by atoms with Gasteiger partial charge in [0.2, 0.25) is 0 Å². The van der Waals surface area contributed by atoms with Gasteiger partial charge in [-0.25, -0.2) is 0 Å². The maximum atomic E-state index is 10.5. The summed E-state index contributed by atoms with van der Waals surface area (Å²) in [6.07, 6.45) is 6.71. The molecule has 1 saturated carbocycles. The van der Waals surface area contributed by atoms with Gasteiger partial charge in [0.15, 0.2) is 0 Å². The Bertz CT molecular complexity index is 620. The molecular weight excluding hydrogens is 352 g/mol. The van der Waals surface area contributed by atoms with Gasteiger partial charge in [-0.3, -0.25) is 9.80 Å². The van der Waals surface area contributed by atoms with E-state index in [0.29, 0.717) is 0 Å². The third-order valence-corrected chi connectivity index (χ3v) is 6.84. The van der Waals surface area contributed by atoms with Crippen molar-refractivity contribution in [3.05, 3.63) is 29.8 Å². The van der Waals surface area contributed by atoms with E-state index in [1.54, 1.807) is 0 Å². The molecule has 3 fully saturated rings. The molecule has 5 heteroatoms. The molecular formula is C23H36N2O3. The van der Waals surface area contributed by atoms with E-state index in [0.717, 1.165) is 77.7 Å². The number of nitrogens with zero attached hydrogens (tertiary/aromatic N) is 2. The van der Waals surface area contributed by atoms with Crippen molar-refractivity contribution in [2.45, 2.75) is 51.2 Å². The van der Waals surface area contributed by atoms with Crippen molar-refractivity contribution in [2.75, 3.05) is 52.5 Å². The Morgan fingerprint density at radius 1 is 1.11 bits per heavy atom. The summed E-state index contributed by atoms with van der Waals surface area (Å²) in [6.45, 7) is 8.79. The summed E-state index contributed by atoms with van der Waals surface area (Å²) >= 11 is 0. The fraction of sp³-hybridized carbons (Fsp3) is 0.739. The molecule has 28 heavy (non-hydrogen) atoms. The molecule has 5 nitrogen and oxygen atoms in total. The van der Waals surface area contributed by atoms with Gasteiger partial charge in [-0.1, -0.05) is 18.6 Å². The van der Waals surface area contributed by atoms with Crippen molar-refractivity contribution < 1.29 is 14.6 Å². The summed E-state index contributed by atoms with van der Waals surface area (Å²) in [6, 6.07) is 8.57. The lowest BCUT2D eigenvalue weighted by atomic mass is 9.76.